The molecule has 1 saturated heterocycles. The molecule has 128 valence electrons. The van der Waals surface area contributed by atoms with Gasteiger partial charge < -0.3 is 4.90 Å². The van der Waals surface area contributed by atoms with Gasteiger partial charge in [0.1, 0.15) is 9.84 Å². The van der Waals surface area contributed by atoms with E-state index in [-0.39, 0.29) is 11.2 Å². The molecule has 0 aliphatic carbocycles. The number of piperidine rings is 1. The molecular formula is C17H25NO3S2. The molecule has 23 heavy (non-hydrogen) atoms. The fourth-order valence-electron chi connectivity index (χ4n) is 2.78. The Labute approximate surface area is 143 Å². The Morgan fingerprint density at radius 3 is 2.26 bits per heavy atom. The molecule has 0 unspecified atom stereocenters. The van der Waals surface area contributed by atoms with Crippen LogP contribution in [0, 0.1) is 0 Å². The predicted molar refractivity (Wildman–Crippen MR) is 95.6 cm³/mol. The number of benzene rings is 1. The first-order chi connectivity index (χ1) is 10.8. The topological polar surface area (TPSA) is 54.5 Å². The third-order valence-corrected chi connectivity index (χ3v) is 6.75. The van der Waals surface area contributed by atoms with E-state index in [2.05, 4.69) is 26.0 Å². The van der Waals surface area contributed by atoms with Gasteiger partial charge in [0.25, 0.3) is 0 Å². The molecule has 4 nitrogen and oxygen atoms in total. The van der Waals surface area contributed by atoms with Crippen LogP contribution in [0.2, 0.25) is 0 Å². The van der Waals surface area contributed by atoms with Crippen LogP contribution in [0.1, 0.15) is 32.3 Å². The van der Waals surface area contributed by atoms with Crippen LogP contribution in [0.25, 0.3) is 0 Å². The first-order valence-corrected chi connectivity index (χ1v) is 10.8. The number of hydrogen-bond donors (Lipinski definition) is 0. The lowest BCUT2D eigenvalue weighted by Gasteiger charge is -2.31. The number of carbonyl (C=O) groups excluding carboxylic acids is 1. The number of carbonyl (C=O) groups is 1. The lowest BCUT2D eigenvalue weighted by atomic mass is 10.1. The molecule has 1 aromatic rings. The van der Waals surface area contributed by atoms with Gasteiger partial charge in [0, 0.05) is 29.5 Å². The highest BCUT2D eigenvalue weighted by Crippen LogP contribution is 2.23. The number of thioether (sulfide) groups is 1. The Hall–Kier alpha value is -1.01. The molecule has 2 rings (SSSR count). The smallest absolute Gasteiger partial charge is 0.226 e. The monoisotopic (exact) mass is 355 g/mol. The molecular weight excluding hydrogens is 330 g/mol. The van der Waals surface area contributed by atoms with E-state index in [9.17, 15) is 13.2 Å². The van der Waals surface area contributed by atoms with Crippen LogP contribution in [0.5, 0.6) is 0 Å². The molecule has 1 heterocycles. The summed E-state index contributed by atoms with van der Waals surface area (Å²) in [5.41, 5.74) is 1.01. The molecule has 6 heteroatoms. The quantitative estimate of drug-likeness (QED) is 0.762. The molecule has 0 saturated carbocycles. The minimum atomic E-state index is -2.99. The van der Waals surface area contributed by atoms with Gasteiger partial charge in [-0.15, -0.1) is 11.8 Å². The largest absolute Gasteiger partial charge is 0.342 e. The number of sulfone groups is 1. The van der Waals surface area contributed by atoms with E-state index in [1.807, 2.05) is 12.1 Å². The maximum absolute atomic E-state index is 12.4. The van der Waals surface area contributed by atoms with E-state index in [0.717, 1.165) is 5.56 Å². The first kappa shape index (κ1) is 18.3. The zero-order valence-electron chi connectivity index (χ0n) is 14.0. The third-order valence-electron chi connectivity index (χ3n) is 4.05. The standard InChI is InChI=1S/C17H25NO3S2/c1-13(2)22-15-6-4-14(5-7-15)12-17(19)18-10-8-16(9-11-18)23(3,20)21/h4-7,13,16H,8-12H2,1-3H3. The second-order valence-electron chi connectivity index (χ2n) is 6.40. The van der Waals surface area contributed by atoms with E-state index in [1.165, 1.54) is 11.2 Å². The highest BCUT2D eigenvalue weighted by molar-refractivity contribution is 7.99. The molecule has 1 aliphatic rings. The minimum absolute atomic E-state index is 0.0845. The molecule has 0 bridgehead atoms. The average molecular weight is 356 g/mol. The van der Waals surface area contributed by atoms with Crippen LogP contribution >= 0.6 is 11.8 Å². The first-order valence-electron chi connectivity index (χ1n) is 7.98. The van der Waals surface area contributed by atoms with Gasteiger partial charge in [0.05, 0.1) is 11.7 Å². The lowest BCUT2D eigenvalue weighted by molar-refractivity contribution is -0.131. The summed E-state index contributed by atoms with van der Waals surface area (Å²) >= 11 is 1.80. The number of hydrogen-bond acceptors (Lipinski definition) is 4. The van der Waals surface area contributed by atoms with Crippen molar-refractivity contribution in [1.29, 1.82) is 0 Å². The van der Waals surface area contributed by atoms with Crippen LogP contribution in [0.3, 0.4) is 0 Å². The van der Waals surface area contributed by atoms with Crippen molar-refractivity contribution in [2.75, 3.05) is 19.3 Å². The Kier molecular flexibility index (Phi) is 6.14. The van der Waals surface area contributed by atoms with Gasteiger partial charge in [-0.1, -0.05) is 26.0 Å². The van der Waals surface area contributed by atoms with Gasteiger partial charge in [0.15, 0.2) is 0 Å². The molecule has 0 aromatic heterocycles. The van der Waals surface area contributed by atoms with Crippen LogP contribution in [0.4, 0.5) is 0 Å². The van der Waals surface area contributed by atoms with Crippen molar-refractivity contribution >= 4 is 27.5 Å². The maximum atomic E-state index is 12.4. The van der Waals surface area contributed by atoms with Crippen molar-refractivity contribution in [3.8, 4) is 0 Å². The number of likely N-dealkylation sites (tertiary alicyclic amines) is 1. The molecule has 1 fully saturated rings. The van der Waals surface area contributed by atoms with Gasteiger partial charge >= 0.3 is 0 Å². The summed E-state index contributed by atoms with van der Waals surface area (Å²) in [5, 5.41) is 0.248. The van der Waals surface area contributed by atoms with Gasteiger partial charge in [0.2, 0.25) is 5.91 Å². The fourth-order valence-corrected chi connectivity index (χ4v) is 4.68. The van der Waals surface area contributed by atoms with E-state index in [1.54, 1.807) is 16.7 Å². The van der Waals surface area contributed by atoms with Crippen molar-refractivity contribution in [2.24, 2.45) is 0 Å². The Morgan fingerprint density at radius 1 is 1.22 bits per heavy atom. The zero-order valence-corrected chi connectivity index (χ0v) is 15.6. The molecule has 1 amide bonds. The zero-order chi connectivity index (χ0) is 17.0. The van der Waals surface area contributed by atoms with Crippen LogP contribution in [-0.4, -0.2) is 49.1 Å². The van der Waals surface area contributed by atoms with Gasteiger partial charge in [-0.2, -0.15) is 0 Å². The number of rotatable bonds is 5. The second kappa shape index (κ2) is 7.71. The normalized spacial score (nSPS) is 16.8. The molecule has 1 aromatic carbocycles. The molecule has 0 N–H and O–H groups in total. The Bertz CT molecular complexity index is 630. The third kappa shape index (κ3) is 5.53. The SMILES string of the molecule is CC(C)Sc1ccc(CC(=O)N2CCC(S(C)(=O)=O)CC2)cc1. The summed E-state index contributed by atoms with van der Waals surface area (Å²) in [4.78, 5) is 15.4. The summed E-state index contributed by atoms with van der Waals surface area (Å²) in [6.45, 7) is 5.39. The van der Waals surface area contributed by atoms with E-state index in [0.29, 0.717) is 37.6 Å². The molecule has 1 aliphatic heterocycles. The maximum Gasteiger partial charge on any atom is 0.226 e. The molecule has 0 atom stereocenters. The Balaban J connectivity index is 1.88. The predicted octanol–water partition coefficient (Wildman–Crippen LogP) is 2.77. The molecule has 0 spiro atoms. The highest BCUT2D eigenvalue weighted by atomic mass is 32.2. The molecule has 0 radical (unpaired) electrons. The summed E-state index contributed by atoms with van der Waals surface area (Å²) in [6, 6.07) is 8.13. The van der Waals surface area contributed by atoms with Gasteiger partial charge in [-0.05, 0) is 30.5 Å². The van der Waals surface area contributed by atoms with Crippen molar-refractivity contribution in [3.63, 3.8) is 0 Å². The van der Waals surface area contributed by atoms with Gasteiger partial charge in [-0.3, -0.25) is 4.79 Å². The van der Waals surface area contributed by atoms with Crippen LogP contribution in [0.15, 0.2) is 29.2 Å². The highest BCUT2D eigenvalue weighted by Gasteiger charge is 2.28. The van der Waals surface area contributed by atoms with Crippen LogP contribution < -0.4 is 0 Å². The van der Waals surface area contributed by atoms with E-state index in [4.69, 9.17) is 0 Å². The number of nitrogens with zero attached hydrogens (tertiary/aromatic N) is 1. The van der Waals surface area contributed by atoms with Crippen LogP contribution in [-0.2, 0) is 21.1 Å². The second-order valence-corrected chi connectivity index (χ2v) is 10.4. The fraction of sp³-hybridized carbons (Fsp3) is 0.588. The Morgan fingerprint density at radius 2 is 1.78 bits per heavy atom. The van der Waals surface area contributed by atoms with E-state index >= 15 is 0 Å². The van der Waals surface area contributed by atoms with Gasteiger partial charge in [-0.25, -0.2) is 8.42 Å². The lowest BCUT2D eigenvalue weighted by Crippen LogP contribution is -2.42. The van der Waals surface area contributed by atoms with Crippen molar-refractivity contribution in [1.82, 2.24) is 4.90 Å². The summed E-state index contributed by atoms with van der Waals surface area (Å²) in [6.07, 6.45) is 2.77. The van der Waals surface area contributed by atoms with Crippen molar-refractivity contribution < 1.29 is 13.2 Å². The average Bonchev–Trinajstić information content (AvgIpc) is 2.48. The van der Waals surface area contributed by atoms with Crippen molar-refractivity contribution in [3.05, 3.63) is 29.8 Å². The number of amides is 1. The minimum Gasteiger partial charge on any atom is -0.342 e. The summed E-state index contributed by atoms with van der Waals surface area (Å²) in [7, 11) is -2.99. The van der Waals surface area contributed by atoms with Crippen molar-refractivity contribution in [2.45, 2.75) is 48.5 Å². The summed E-state index contributed by atoms with van der Waals surface area (Å²) < 4.78 is 23.1. The summed E-state index contributed by atoms with van der Waals surface area (Å²) in [5.74, 6) is 0.0845. The van der Waals surface area contributed by atoms with E-state index < -0.39 is 9.84 Å².